The van der Waals surface area contributed by atoms with Gasteiger partial charge in [0.05, 0.1) is 5.41 Å². The van der Waals surface area contributed by atoms with Crippen LogP contribution in [0, 0.1) is 44.8 Å². The summed E-state index contributed by atoms with van der Waals surface area (Å²) in [6.07, 6.45) is 11.3. The lowest BCUT2D eigenvalue weighted by molar-refractivity contribution is -0.163. The molecule has 1 N–H and O–H groups in total. The molecule has 0 unspecified atom stereocenters. The number of carbonyl (C=O) groups is 2. The first-order valence-corrected chi connectivity index (χ1v) is 13.4. The van der Waals surface area contributed by atoms with Crippen molar-refractivity contribution in [1.29, 1.82) is 0 Å². The summed E-state index contributed by atoms with van der Waals surface area (Å²) in [5, 5.41) is 10.0. The number of carboxylic acid groups (broad SMARTS) is 1. The average molecular weight is 453 g/mol. The van der Waals surface area contributed by atoms with Gasteiger partial charge in [0.15, 0.2) is 5.78 Å². The van der Waals surface area contributed by atoms with Gasteiger partial charge in [0.1, 0.15) is 0 Å². The molecule has 0 heterocycles. The Hall–Kier alpha value is -1.38. The van der Waals surface area contributed by atoms with Gasteiger partial charge in [-0.15, -0.1) is 0 Å². The third kappa shape index (κ3) is 2.80. The Morgan fingerprint density at radius 2 is 1.61 bits per heavy atom. The van der Waals surface area contributed by atoms with E-state index in [-0.39, 0.29) is 33.5 Å². The van der Waals surface area contributed by atoms with Crippen LogP contribution in [0.1, 0.15) is 106 Å². The Labute approximate surface area is 200 Å². The van der Waals surface area contributed by atoms with E-state index in [4.69, 9.17) is 0 Å². The summed E-state index contributed by atoms with van der Waals surface area (Å²) in [6, 6.07) is 0. The summed E-state index contributed by atoms with van der Waals surface area (Å²) in [5.41, 5.74) is 3.81. The van der Waals surface area contributed by atoms with Crippen LogP contribution in [0.15, 0.2) is 22.8 Å². The van der Waals surface area contributed by atoms with Crippen LogP contribution in [0.3, 0.4) is 0 Å². The highest BCUT2D eigenvalue weighted by Crippen LogP contribution is 2.74. The molecule has 0 saturated heterocycles. The van der Waals surface area contributed by atoms with Gasteiger partial charge < -0.3 is 5.11 Å². The Kier molecular flexibility index (Phi) is 4.85. The lowest BCUT2D eigenvalue weighted by Crippen LogP contribution is -2.62. The molecule has 182 valence electrons. The van der Waals surface area contributed by atoms with Gasteiger partial charge >= 0.3 is 5.97 Å². The summed E-state index contributed by atoms with van der Waals surface area (Å²) in [6.45, 7) is 16.1. The van der Waals surface area contributed by atoms with Crippen LogP contribution in [0.25, 0.3) is 0 Å². The van der Waals surface area contributed by atoms with Crippen molar-refractivity contribution in [3.8, 4) is 0 Å². The van der Waals surface area contributed by atoms with Crippen molar-refractivity contribution >= 4 is 11.8 Å². The largest absolute Gasteiger partial charge is 0.481 e. The predicted molar refractivity (Wildman–Crippen MR) is 132 cm³/mol. The smallest absolute Gasteiger partial charge is 0.309 e. The molecule has 0 bridgehead atoms. The van der Waals surface area contributed by atoms with Gasteiger partial charge in [0.25, 0.3) is 0 Å². The fourth-order valence-corrected chi connectivity index (χ4v) is 9.84. The minimum absolute atomic E-state index is 0.0196. The SMILES string of the molecule is CC(C)=C1CC[C@]2(C)[C@H]3C(=O)C=C4[C@@H]5C[C@@](C)(C(=O)O)CC[C@]5(C)CC[C@@]4(C)[C@]3(C)CC[C@@H]12. The lowest BCUT2D eigenvalue weighted by Gasteiger charge is -2.67. The van der Waals surface area contributed by atoms with Crippen LogP contribution < -0.4 is 0 Å². The summed E-state index contributed by atoms with van der Waals surface area (Å²) in [4.78, 5) is 26.3. The number of aliphatic carboxylic acids is 1. The van der Waals surface area contributed by atoms with E-state index in [0.29, 0.717) is 18.1 Å². The van der Waals surface area contributed by atoms with Crippen molar-refractivity contribution in [2.24, 2.45) is 44.8 Å². The fraction of sp³-hybridized carbons (Fsp3) is 0.800. The fourth-order valence-electron chi connectivity index (χ4n) is 9.84. The van der Waals surface area contributed by atoms with Gasteiger partial charge in [-0.2, -0.15) is 0 Å². The van der Waals surface area contributed by atoms with E-state index in [2.05, 4.69) is 47.6 Å². The second kappa shape index (κ2) is 6.85. The molecular weight excluding hydrogens is 408 g/mol. The number of fused-ring (bicyclic) bond motifs is 7. The molecule has 0 spiro atoms. The first-order valence-electron chi connectivity index (χ1n) is 13.4. The molecule has 3 heteroatoms. The van der Waals surface area contributed by atoms with Crippen molar-refractivity contribution in [3.05, 3.63) is 22.8 Å². The molecule has 0 aromatic carbocycles. The van der Waals surface area contributed by atoms with E-state index in [1.54, 1.807) is 5.57 Å². The third-order valence-corrected chi connectivity index (χ3v) is 12.4. The van der Waals surface area contributed by atoms with E-state index in [9.17, 15) is 14.7 Å². The highest BCUT2D eigenvalue weighted by Gasteiger charge is 2.69. The Bertz CT molecular complexity index is 985. The van der Waals surface area contributed by atoms with Crippen molar-refractivity contribution in [2.75, 3.05) is 0 Å². The minimum atomic E-state index is -0.683. The zero-order valence-electron chi connectivity index (χ0n) is 21.9. The van der Waals surface area contributed by atoms with Crippen LogP contribution in [0.5, 0.6) is 0 Å². The van der Waals surface area contributed by atoms with Gasteiger partial charge in [-0.1, -0.05) is 44.4 Å². The standard InChI is InChI=1S/C30H44O3/c1-18(2)19-8-10-28(5)20(19)9-11-30(7)24(28)23(31)16-21-22-17-27(4,25(32)33)13-12-26(22,3)14-15-29(21,30)6/h16,20,22,24H,8-15,17H2,1-7H3,(H,32,33)/t20-,22-,24+,26+,27-,28-,29+,30+/m0/s1. The molecule has 5 rings (SSSR count). The van der Waals surface area contributed by atoms with Crippen LogP contribution in [0.2, 0.25) is 0 Å². The van der Waals surface area contributed by atoms with E-state index >= 15 is 0 Å². The first-order chi connectivity index (χ1) is 15.2. The number of carboxylic acids is 1. The number of hydrogen-bond donors (Lipinski definition) is 1. The van der Waals surface area contributed by atoms with E-state index in [1.807, 2.05) is 6.92 Å². The molecule has 0 amide bonds. The number of hydrogen-bond acceptors (Lipinski definition) is 2. The van der Waals surface area contributed by atoms with Crippen molar-refractivity contribution in [2.45, 2.75) is 106 Å². The summed E-state index contributed by atoms with van der Waals surface area (Å²) >= 11 is 0. The molecule has 3 nitrogen and oxygen atoms in total. The van der Waals surface area contributed by atoms with E-state index < -0.39 is 11.4 Å². The van der Waals surface area contributed by atoms with Crippen LogP contribution in [-0.4, -0.2) is 16.9 Å². The average Bonchev–Trinajstić information content (AvgIpc) is 3.08. The van der Waals surface area contributed by atoms with Gasteiger partial charge in [0, 0.05) is 5.92 Å². The van der Waals surface area contributed by atoms with E-state index in [1.165, 1.54) is 17.6 Å². The lowest BCUT2D eigenvalue weighted by atomic mass is 9.36. The third-order valence-electron chi connectivity index (χ3n) is 12.4. The van der Waals surface area contributed by atoms with Crippen molar-refractivity contribution in [3.63, 3.8) is 0 Å². The topological polar surface area (TPSA) is 54.4 Å². The predicted octanol–water partition coefficient (Wildman–Crippen LogP) is 7.36. The monoisotopic (exact) mass is 452 g/mol. The number of ketones is 1. The molecule has 4 saturated carbocycles. The zero-order valence-corrected chi connectivity index (χ0v) is 21.9. The maximum atomic E-state index is 14.1. The molecule has 0 aromatic rings. The summed E-state index contributed by atoms with van der Waals surface area (Å²) in [5.74, 6) is 0.501. The molecule has 5 aliphatic carbocycles. The highest BCUT2D eigenvalue weighted by molar-refractivity contribution is 5.96. The first kappa shape index (κ1) is 23.4. The zero-order chi connectivity index (χ0) is 24.2. The molecule has 0 radical (unpaired) electrons. The quantitative estimate of drug-likeness (QED) is 0.423. The molecular formula is C30H44O3. The normalized spacial score (nSPS) is 51.1. The van der Waals surface area contributed by atoms with Gasteiger partial charge in [-0.3, -0.25) is 9.59 Å². The number of carbonyl (C=O) groups excluding carboxylic acids is 1. The Morgan fingerprint density at radius 3 is 2.24 bits per heavy atom. The molecule has 4 fully saturated rings. The molecule has 8 atom stereocenters. The van der Waals surface area contributed by atoms with Crippen LogP contribution in [0.4, 0.5) is 0 Å². The molecule has 5 aliphatic rings. The Balaban J connectivity index is 1.62. The van der Waals surface area contributed by atoms with Crippen LogP contribution >= 0.6 is 0 Å². The number of rotatable bonds is 1. The van der Waals surface area contributed by atoms with Gasteiger partial charge in [-0.05, 0) is 118 Å². The van der Waals surface area contributed by atoms with Gasteiger partial charge in [0.2, 0.25) is 0 Å². The molecule has 0 aliphatic heterocycles. The Morgan fingerprint density at radius 1 is 0.939 bits per heavy atom. The summed E-state index contributed by atoms with van der Waals surface area (Å²) in [7, 11) is 0. The number of allylic oxidation sites excluding steroid dienone is 4. The second-order valence-corrected chi connectivity index (χ2v) is 14.1. The highest BCUT2D eigenvalue weighted by atomic mass is 16.4. The minimum Gasteiger partial charge on any atom is -0.481 e. The van der Waals surface area contributed by atoms with Gasteiger partial charge in [-0.25, -0.2) is 0 Å². The van der Waals surface area contributed by atoms with E-state index in [0.717, 1.165) is 44.9 Å². The summed E-state index contributed by atoms with van der Waals surface area (Å²) < 4.78 is 0. The van der Waals surface area contributed by atoms with Crippen LogP contribution in [-0.2, 0) is 9.59 Å². The molecule has 33 heavy (non-hydrogen) atoms. The maximum Gasteiger partial charge on any atom is 0.309 e. The molecule has 0 aromatic heterocycles. The second-order valence-electron chi connectivity index (χ2n) is 14.1. The van der Waals surface area contributed by atoms with Crippen molar-refractivity contribution in [1.82, 2.24) is 0 Å². The maximum absolute atomic E-state index is 14.1. The van der Waals surface area contributed by atoms with Crippen molar-refractivity contribution < 1.29 is 14.7 Å².